The van der Waals surface area contributed by atoms with Gasteiger partial charge in [0.1, 0.15) is 12.3 Å². The Balaban J connectivity index is 1.50. The first-order chi connectivity index (χ1) is 17.2. The molecule has 2 aromatic heterocycles. The minimum Gasteiger partial charge on any atom is -0.497 e. The zero-order chi connectivity index (χ0) is 25.5. The maximum atomic E-state index is 14.1. The Morgan fingerprint density at radius 1 is 1.19 bits per heavy atom. The topological polar surface area (TPSA) is 122 Å². The fourth-order valence-electron chi connectivity index (χ4n) is 4.66. The second-order valence-corrected chi connectivity index (χ2v) is 9.61. The number of anilines is 4. The molecule has 0 aliphatic carbocycles. The Labute approximate surface area is 208 Å². The van der Waals surface area contributed by atoms with Crippen LogP contribution in [0, 0.1) is 0 Å². The highest BCUT2D eigenvalue weighted by molar-refractivity contribution is 7.18. The van der Waals surface area contributed by atoms with E-state index in [4.69, 9.17) is 10.5 Å². The molecule has 1 spiro atoms. The molecule has 1 aromatic carbocycles. The zero-order valence-corrected chi connectivity index (χ0v) is 20.1. The predicted molar refractivity (Wildman–Crippen MR) is 128 cm³/mol. The van der Waals surface area contributed by atoms with Crippen molar-refractivity contribution in [3.05, 3.63) is 41.7 Å². The number of carbonyl (C=O) groups excluding carboxylic acids is 1. The van der Waals surface area contributed by atoms with E-state index in [9.17, 15) is 18.0 Å². The van der Waals surface area contributed by atoms with Gasteiger partial charge in [-0.1, -0.05) is 11.3 Å². The number of piperidine rings is 1. The van der Waals surface area contributed by atoms with Gasteiger partial charge in [0, 0.05) is 30.5 Å². The Morgan fingerprint density at radius 2 is 1.92 bits per heavy atom. The molecule has 3 aromatic rings. The number of nitrogens with zero attached hydrogens (tertiary/aromatic N) is 6. The number of methoxy groups -OCH3 is 1. The van der Waals surface area contributed by atoms with Gasteiger partial charge in [-0.05, 0) is 37.1 Å². The van der Waals surface area contributed by atoms with Crippen LogP contribution in [0.15, 0.2) is 30.5 Å². The average Bonchev–Trinajstić information content (AvgIpc) is 3.31. The van der Waals surface area contributed by atoms with E-state index in [1.165, 1.54) is 17.5 Å². The number of ether oxygens (including phenoxy) is 1. The van der Waals surface area contributed by atoms with Crippen LogP contribution in [0.25, 0.3) is 0 Å². The molecule has 0 atom stereocenters. The van der Waals surface area contributed by atoms with Crippen molar-refractivity contribution in [2.24, 2.45) is 0 Å². The van der Waals surface area contributed by atoms with E-state index in [0.29, 0.717) is 58.9 Å². The highest BCUT2D eigenvalue weighted by atomic mass is 32.1. The zero-order valence-electron chi connectivity index (χ0n) is 19.2. The lowest BCUT2D eigenvalue weighted by atomic mass is 9.71. The second-order valence-electron chi connectivity index (χ2n) is 8.62. The van der Waals surface area contributed by atoms with Gasteiger partial charge < -0.3 is 25.6 Å². The van der Waals surface area contributed by atoms with E-state index in [0.717, 1.165) is 0 Å². The van der Waals surface area contributed by atoms with Crippen LogP contribution in [0.2, 0.25) is 0 Å². The number of alkyl halides is 3. The second kappa shape index (κ2) is 9.08. The van der Waals surface area contributed by atoms with Gasteiger partial charge in [-0.25, -0.2) is 9.97 Å². The van der Waals surface area contributed by atoms with Gasteiger partial charge in [-0.15, -0.1) is 10.2 Å². The lowest BCUT2D eigenvalue weighted by Crippen LogP contribution is -2.56. The third-order valence-electron chi connectivity index (χ3n) is 6.45. The number of nitrogens with one attached hydrogen (secondary N) is 1. The summed E-state index contributed by atoms with van der Waals surface area (Å²) >= 11 is 1.26. The summed E-state index contributed by atoms with van der Waals surface area (Å²) < 4.78 is 43.6. The molecule has 0 unspecified atom stereocenters. The lowest BCUT2D eigenvalue weighted by molar-refractivity contribution is -0.126. The van der Waals surface area contributed by atoms with Crippen LogP contribution < -0.4 is 25.6 Å². The van der Waals surface area contributed by atoms with Crippen LogP contribution in [0.1, 0.15) is 24.1 Å². The number of aromatic nitrogens is 4. The minimum atomic E-state index is -4.42. The molecular weight excluding hydrogens is 497 g/mol. The normalized spacial score (nSPS) is 17.3. The molecule has 5 rings (SSSR count). The van der Waals surface area contributed by atoms with E-state index in [1.807, 2.05) is 4.90 Å². The Hall–Kier alpha value is -3.68. The molecule has 190 valence electrons. The van der Waals surface area contributed by atoms with Crippen molar-refractivity contribution in [2.75, 3.05) is 47.6 Å². The van der Waals surface area contributed by atoms with Crippen LogP contribution >= 0.6 is 11.3 Å². The molecule has 0 bridgehead atoms. The van der Waals surface area contributed by atoms with Crippen molar-refractivity contribution < 1.29 is 22.7 Å². The number of fused-ring (bicyclic) bond motifs is 2. The molecule has 3 N–H and O–H groups in total. The van der Waals surface area contributed by atoms with Gasteiger partial charge in [-0.2, -0.15) is 13.2 Å². The first-order valence-corrected chi connectivity index (χ1v) is 12.0. The van der Waals surface area contributed by atoms with Gasteiger partial charge in [0.2, 0.25) is 22.1 Å². The van der Waals surface area contributed by atoms with E-state index in [1.54, 1.807) is 36.3 Å². The third-order valence-corrected chi connectivity index (χ3v) is 7.26. The molecule has 0 saturated carbocycles. The molecule has 10 nitrogen and oxygen atoms in total. The third kappa shape index (κ3) is 4.47. The monoisotopic (exact) mass is 520 g/mol. The van der Waals surface area contributed by atoms with Gasteiger partial charge in [0.05, 0.1) is 24.8 Å². The molecule has 14 heteroatoms. The Kier molecular flexibility index (Phi) is 6.06. The highest BCUT2D eigenvalue weighted by Crippen LogP contribution is 2.44. The number of nitrogen functional groups attached to an aromatic ring is 1. The summed E-state index contributed by atoms with van der Waals surface area (Å²) in [6.45, 7) is -0.105. The first-order valence-electron chi connectivity index (χ1n) is 11.2. The van der Waals surface area contributed by atoms with E-state index in [2.05, 4.69) is 25.5 Å². The van der Waals surface area contributed by atoms with Gasteiger partial charge >= 0.3 is 6.18 Å². The highest BCUT2D eigenvalue weighted by Gasteiger charge is 2.51. The summed E-state index contributed by atoms with van der Waals surface area (Å²) in [6, 6.07) is 7.14. The van der Waals surface area contributed by atoms with Crippen molar-refractivity contribution in [3.63, 3.8) is 0 Å². The Bertz CT molecular complexity index is 1260. The number of benzene rings is 1. The number of nitrogens with two attached hydrogens (primary N) is 1. The van der Waals surface area contributed by atoms with Gasteiger partial charge in [0.15, 0.2) is 0 Å². The molecule has 1 amide bonds. The van der Waals surface area contributed by atoms with Crippen molar-refractivity contribution in [3.8, 4) is 5.75 Å². The summed E-state index contributed by atoms with van der Waals surface area (Å²) in [5, 5.41) is 11.2. The van der Waals surface area contributed by atoms with Gasteiger partial charge in [0.25, 0.3) is 0 Å². The molecule has 0 radical (unpaired) electrons. The summed E-state index contributed by atoms with van der Waals surface area (Å²) in [5.74, 6) is 0.346. The molecule has 2 aliphatic rings. The number of amides is 1. The van der Waals surface area contributed by atoms with E-state index >= 15 is 0 Å². The quantitative estimate of drug-likeness (QED) is 0.523. The van der Waals surface area contributed by atoms with E-state index in [-0.39, 0.29) is 18.4 Å². The van der Waals surface area contributed by atoms with E-state index < -0.39 is 18.1 Å². The maximum absolute atomic E-state index is 14.1. The fraction of sp³-hybridized carbons (Fsp3) is 0.409. The first kappa shape index (κ1) is 24.0. The van der Waals surface area contributed by atoms with Crippen LogP contribution in [-0.2, 0) is 16.8 Å². The Morgan fingerprint density at radius 3 is 2.53 bits per heavy atom. The molecular formula is C22H23F3N8O2S. The SMILES string of the molecule is COc1ccc(N2Cc3cnc(NCC(F)(F)F)nc3C3(CCN(c4nnc(N)s4)CC3)C2=O)cc1. The van der Waals surface area contributed by atoms with Crippen molar-refractivity contribution in [1.29, 1.82) is 0 Å². The largest absolute Gasteiger partial charge is 0.497 e. The molecule has 36 heavy (non-hydrogen) atoms. The standard InChI is InChI=1S/C22H23F3N8O2S/c1-35-15-4-2-14(3-5-15)33-11-13-10-27-19(28-12-22(23,24)25)29-16(13)21(17(33)34)6-8-32(9-7-21)20-31-30-18(26)36-20/h2-5,10H,6-9,11-12H2,1H3,(H2,26,30)(H,27,28,29). The van der Waals surface area contributed by atoms with Crippen LogP contribution in [0.5, 0.6) is 5.75 Å². The van der Waals surface area contributed by atoms with Crippen molar-refractivity contribution in [1.82, 2.24) is 20.2 Å². The molecule has 1 saturated heterocycles. The minimum absolute atomic E-state index is 0.155. The summed E-state index contributed by atoms with van der Waals surface area (Å²) in [6.07, 6.45) is -2.14. The number of hydrogen-bond acceptors (Lipinski definition) is 10. The fourth-order valence-corrected chi connectivity index (χ4v) is 5.32. The van der Waals surface area contributed by atoms with Crippen LogP contribution in [-0.4, -0.2) is 59.0 Å². The van der Waals surface area contributed by atoms with Gasteiger partial charge in [-0.3, -0.25) is 4.79 Å². The number of rotatable bonds is 5. The van der Waals surface area contributed by atoms with Crippen LogP contribution in [0.4, 0.5) is 35.1 Å². The molecule has 2 aliphatic heterocycles. The summed E-state index contributed by atoms with van der Waals surface area (Å²) in [5.41, 5.74) is 6.54. The average molecular weight is 521 g/mol. The number of carbonyl (C=O) groups is 1. The number of hydrogen-bond donors (Lipinski definition) is 2. The predicted octanol–water partition coefficient (Wildman–Crippen LogP) is 2.98. The number of halogens is 3. The van der Waals surface area contributed by atoms with Crippen LogP contribution in [0.3, 0.4) is 0 Å². The van der Waals surface area contributed by atoms with Crippen molar-refractivity contribution in [2.45, 2.75) is 31.0 Å². The molecule has 1 fully saturated rings. The smallest absolute Gasteiger partial charge is 0.405 e. The summed E-state index contributed by atoms with van der Waals surface area (Å²) in [4.78, 5) is 26.3. The van der Waals surface area contributed by atoms with Crippen molar-refractivity contribution >= 4 is 39.1 Å². The lowest BCUT2D eigenvalue weighted by Gasteiger charge is -2.46. The summed E-state index contributed by atoms with van der Waals surface area (Å²) in [7, 11) is 1.56. The molecule has 4 heterocycles. The maximum Gasteiger partial charge on any atom is 0.405 e.